The van der Waals surface area contributed by atoms with Crippen LogP contribution in [0.1, 0.15) is 37.4 Å². The number of rotatable bonds is 4. The van der Waals surface area contributed by atoms with Crippen LogP contribution in [0.4, 0.5) is 0 Å². The van der Waals surface area contributed by atoms with E-state index in [1.165, 1.54) is 19.3 Å². The molecule has 1 aromatic rings. The van der Waals surface area contributed by atoms with Gasteiger partial charge in [0, 0.05) is 25.0 Å². The molecule has 1 aliphatic heterocycles. The second kappa shape index (κ2) is 7.44. The molecule has 0 aromatic heterocycles. The summed E-state index contributed by atoms with van der Waals surface area (Å²) in [6.07, 6.45) is 4.40. The van der Waals surface area contributed by atoms with E-state index in [0.717, 1.165) is 44.0 Å². The highest BCUT2D eigenvalue weighted by Gasteiger charge is 2.35. The molecule has 0 spiro atoms. The lowest BCUT2D eigenvalue weighted by atomic mass is 9.78. The molecule has 0 bridgehead atoms. The molecule has 1 saturated heterocycles. The Bertz CT molecular complexity index is 456. The highest BCUT2D eigenvalue weighted by molar-refractivity contribution is 5.29. The van der Waals surface area contributed by atoms with Crippen molar-refractivity contribution in [2.24, 2.45) is 5.92 Å². The lowest BCUT2D eigenvalue weighted by Gasteiger charge is -2.43. The van der Waals surface area contributed by atoms with Gasteiger partial charge in [-0.15, -0.1) is 0 Å². The van der Waals surface area contributed by atoms with Crippen LogP contribution in [0.2, 0.25) is 0 Å². The number of nitrogens with zero attached hydrogens (tertiary/aromatic N) is 1. The third kappa shape index (κ3) is 3.45. The van der Waals surface area contributed by atoms with Crippen molar-refractivity contribution in [3.8, 4) is 5.75 Å². The summed E-state index contributed by atoms with van der Waals surface area (Å²) in [4.78, 5) is 2.53. The summed E-state index contributed by atoms with van der Waals surface area (Å²) in [7, 11) is 1.67. The monoisotopic (exact) mass is 305 g/mol. The highest BCUT2D eigenvalue weighted by Crippen LogP contribution is 2.37. The van der Waals surface area contributed by atoms with E-state index in [2.05, 4.69) is 4.90 Å². The van der Waals surface area contributed by atoms with E-state index in [1.54, 1.807) is 7.11 Å². The maximum atomic E-state index is 10.9. The van der Waals surface area contributed by atoms with Gasteiger partial charge in [0.25, 0.3) is 0 Å². The topological polar surface area (TPSA) is 41.9 Å². The first-order valence-electron chi connectivity index (χ1n) is 8.43. The van der Waals surface area contributed by atoms with Crippen LogP contribution in [-0.4, -0.2) is 49.5 Å². The smallest absolute Gasteiger partial charge is 0.118 e. The Labute approximate surface area is 133 Å². The van der Waals surface area contributed by atoms with Gasteiger partial charge >= 0.3 is 0 Å². The maximum absolute atomic E-state index is 10.9. The molecule has 22 heavy (non-hydrogen) atoms. The molecule has 2 aliphatic rings. The number of aliphatic hydroxyl groups is 1. The van der Waals surface area contributed by atoms with Gasteiger partial charge in [0.05, 0.1) is 26.4 Å². The van der Waals surface area contributed by atoms with Crippen LogP contribution < -0.4 is 4.74 Å². The normalized spacial score (nSPS) is 28.3. The van der Waals surface area contributed by atoms with E-state index < -0.39 is 0 Å². The minimum absolute atomic E-state index is 0.320. The van der Waals surface area contributed by atoms with Crippen molar-refractivity contribution in [3.63, 3.8) is 0 Å². The maximum Gasteiger partial charge on any atom is 0.118 e. The van der Waals surface area contributed by atoms with Gasteiger partial charge in [0.2, 0.25) is 0 Å². The average Bonchev–Trinajstić information content (AvgIpc) is 2.62. The van der Waals surface area contributed by atoms with Gasteiger partial charge in [-0.2, -0.15) is 0 Å². The standard InChI is InChI=1S/C18H27NO3/c1-21-15-8-6-14(7-9-15)18(20)16-4-2-3-5-17(16)19-10-12-22-13-11-19/h6-9,16-18,20H,2-5,10-13H2,1H3/t16-,17-,18+/m1/s1. The van der Waals surface area contributed by atoms with Crippen molar-refractivity contribution in [1.29, 1.82) is 0 Å². The predicted molar refractivity (Wildman–Crippen MR) is 86.1 cm³/mol. The minimum atomic E-state index is -0.390. The summed E-state index contributed by atoms with van der Waals surface area (Å²) in [6, 6.07) is 8.34. The first kappa shape index (κ1) is 15.8. The number of hydrogen-bond donors (Lipinski definition) is 1. The van der Waals surface area contributed by atoms with Crippen molar-refractivity contribution in [1.82, 2.24) is 4.90 Å². The molecule has 4 heteroatoms. The molecule has 1 saturated carbocycles. The quantitative estimate of drug-likeness (QED) is 0.928. The number of morpholine rings is 1. The molecule has 1 heterocycles. The Hall–Kier alpha value is -1.10. The molecule has 0 amide bonds. The fourth-order valence-electron chi connectivity index (χ4n) is 3.92. The van der Waals surface area contributed by atoms with Crippen LogP contribution in [-0.2, 0) is 4.74 Å². The summed E-state index contributed by atoms with van der Waals surface area (Å²) in [6.45, 7) is 3.64. The number of methoxy groups -OCH3 is 1. The molecule has 0 unspecified atom stereocenters. The molecule has 1 aliphatic carbocycles. The zero-order chi connectivity index (χ0) is 15.4. The van der Waals surface area contributed by atoms with Crippen molar-refractivity contribution in [2.45, 2.75) is 37.8 Å². The Morgan fingerprint density at radius 1 is 1.14 bits per heavy atom. The van der Waals surface area contributed by atoms with Crippen molar-refractivity contribution >= 4 is 0 Å². The molecular formula is C18H27NO3. The molecule has 0 radical (unpaired) electrons. The van der Waals surface area contributed by atoms with Crippen LogP contribution in [0, 0.1) is 5.92 Å². The summed E-state index contributed by atoms with van der Waals surface area (Å²) >= 11 is 0. The first-order valence-corrected chi connectivity index (χ1v) is 8.43. The van der Waals surface area contributed by atoms with Gasteiger partial charge in [-0.1, -0.05) is 25.0 Å². The molecule has 2 fully saturated rings. The molecular weight excluding hydrogens is 278 g/mol. The van der Waals surface area contributed by atoms with Crippen molar-refractivity contribution < 1.29 is 14.6 Å². The van der Waals surface area contributed by atoms with Gasteiger partial charge in [0.15, 0.2) is 0 Å². The molecule has 1 N–H and O–H groups in total. The van der Waals surface area contributed by atoms with Gasteiger partial charge in [-0.05, 0) is 30.5 Å². The Morgan fingerprint density at radius 2 is 1.82 bits per heavy atom. The Balaban J connectivity index is 1.73. The number of hydrogen-bond acceptors (Lipinski definition) is 4. The minimum Gasteiger partial charge on any atom is -0.497 e. The van der Waals surface area contributed by atoms with Crippen LogP contribution in [0.3, 0.4) is 0 Å². The summed E-state index contributed by atoms with van der Waals surface area (Å²) in [5, 5.41) is 10.9. The van der Waals surface area contributed by atoms with Crippen LogP contribution >= 0.6 is 0 Å². The van der Waals surface area contributed by atoms with Crippen molar-refractivity contribution in [2.75, 3.05) is 33.4 Å². The number of aliphatic hydroxyl groups excluding tert-OH is 1. The van der Waals surface area contributed by atoms with E-state index in [1.807, 2.05) is 24.3 Å². The fourth-order valence-corrected chi connectivity index (χ4v) is 3.92. The molecule has 3 atom stereocenters. The van der Waals surface area contributed by atoms with Gasteiger partial charge in [-0.25, -0.2) is 0 Å². The summed E-state index contributed by atoms with van der Waals surface area (Å²) in [5.74, 6) is 1.16. The Morgan fingerprint density at radius 3 is 2.50 bits per heavy atom. The van der Waals surface area contributed by atoms with Gasteiger partial charge in [-0.3, -0.25) is 4.90 Å². The van der Waals surface area contributed by atoms with Gasteiger partial charge < -0.3 is 14.6 Å². The first-order chi connectivity index (χ1) is 10.8. The molecule has 122 valence electrons. The zero-order valence-corrected chi connectivity index (χ0v) is 13.4. The van der Waals surface area contributed by atoms with E-state index in [4.69, 9.17) is 9.47 Å². The second-order valence-electron chi connectivity index (χ2n) is 6.38. The molecule has 4 nitrogen and oxygen atoms in total. The lowest BCUT2D eigenvalue weighted by molar-refractivity contribution is -0.0372. The second-order valence-corrected chi connectivity index (χ2v) is 6.38. The zero-order valence-electron chi connectivity index (χ0n) is 13.4. The van der Waals surface area contributed by atoms with E-state index in [9.17, 15) is 5.11 Å². The SMILES string of the molecule is COc1ccc([C@H](O)[C@@H]2CCCC[C@H]2N2CCOCC2)cc1. The van der Waals surface area contributed by atoms with Crippen LogP contribution in [0.5, 0.6) is 5.75 Å². The highest BCUT2D eigenvalue weighted by atomic mass is 16.5. The Kier molecular flexibility index (Phi) is 5.34. The largest absolute Gasteiger partial charge is 0.497 e. The molecule has 3 rings (SSSR count). The van der Waals surface area contributed by atoms with E-state index in [-0.39, 0.29) is 6.10 Å². The van der Waals surface area contributed by atoms with E-state index in [0.29, 0.717) is 12.0 Å². The number of ether oxygens (including phenoxy) is 2. The third-order valence-electron chi connectivity index (χ3n) is 5.16. The summed E-state index contributed by atoms with van der Waals surface area (Å²) in [5.41, 5.74) is 1.01. The third-order valence-corrected chi connectivity index (χ3v) is 5.16. The van der Waals surface area contributed by atoms with Crippen LogP contribution in [0.25, 0.3) is 0 Å². The summed E-state index contributed by atoms with van der Waals surface area (Å²) < 4.78 is 10.7. The number of benzene rings is 1. The molecule has 1 aromatic carbocycles. The van der Waals surface area contributed by atoms with Gasteiger partial charge in [0.1, 0.15) is 5.75 Å². The van der Waals surface area contributed by atoms with E-state index >= 15 is 0 Å². The predicted octanol–water partition coefficient (Wildman–Crippen LogP) is 2.62. The lowest BCUT2D eigenvalue weighted by Crippen LogP contribution is -2.49. The van der Waals surface area contributed by atoms with Crippen molar-refractivity contribution in [3.05, 3.63) is 29.8 Å². The fraction of sp³-hybridized carbons (Fsp3) is 0.667. The van der Waals surface area contributed by atoms with Crippen LogP contribution in [0.15, 0.2) is 24.3 Å². The average molecular weight is 305 g/mol.